The van der Waals surface area contributed by atoms with E-state index in [0.717, 1.165) is 42.5 Å². The van der Waals surface area contributed by atoms with Crippen molar-refractivity contribution < 1.29 is 4.79 Å². The molecule has 1 aromatic rings. The maximum Gasteiger partial charge on any atom is 0.251 e. The topological polar surface area (TPSA) is 55.1 Å². The molecule has 1 amide bonds. The molecule has 2 rings (SSSR count). The molecule has 1 aliphatic rings. The fourth-order valence-corrected chi connectivity index (χ4v) is 2.74. The monoisotopic (exact) mass is 246 g/mol. The summed E-state index contributed by atoms with van der Waals surface area (Å²) in [6.45, 7) is 4.78. The Bertz CT molecular complexity index is 422. The lowest BCUT2D eigenvalue weighted by Gasteiger charge is -2.11. The number of carbonyl (C=O) groups is 1. The van der Waals surface area contributed by atoms with Crippen molar-refractivity contribution in [1.29, 1.82) is 0 Å². The summed E-state index contributed by atoms with van der Waals surface area (Å²) in [5.41, 5.74) is 8.88. The van der Waals surface area contributed by atoms with Crippen molar-refractivity contribution in [2.24, 2.45) is 11.7 Å². The molecule has 1 aromatic carbocycles. The number of benzene rings is 1. The first-order chi connectivity index (χ1) is 8.54. The number of aryl methyl sites for hydroxylation is 2. The molecule has 3 N–H and O–H groups in total. The van der Waals surface area contributed by atoms with Crippen LogP contribution in [0.2, 0.25) is 0 Å². The van der Waals surface area contributed by atoms with Gasteiger partial charge in [0.05, 0.1) is 0 Å². The molecule has 1 fully saturated rings. The Balaban J connectivity index is 1.91. The summed E-state index contributed by atoms with van der Waals surface area (Å²) in [4.78, 5) is 12.0. The van der Waals surface area contributed by atoms with Crippen LogP contribution in [-0.2, 0) is 0 Å². The lowest BCUT2D eigenvalue weighted by Crippen LogP contribution is -2.29. The first-order valence-electron chi connectivity index (χ1n) is 6.66. The molecule has 0 aliphatic heterocycles. The van der Waals surface area contributed by atoms with Gasteiger partial charge in [-0.15, -0.1) is 0 Å². The Morgan fingerprint density at radius 1 is 1.28 bits per heavy atom. The van der Waals surface area contributed by atoms with Crippen molar-refractivity contribution in [2.75, 3.05) is 6.54 Å². The molecule has 3 heteroatoms. The van der Waals surface area contributed by atoms with Gasteiger partial charge in [-0.05, 0) is 51.2 Å². The number of amides is 1. The van der Waals surface area contributed by atoms with Gasteiger partial charge >= 0.3 is 0 Å². The summed E-state index contributed by atoms with van der Waals surface area (Å²) in [6, 6.07) is 6.27. The molecule has 0 spiro atoms. The van der Waals surface area contributed by atoms with Crippen LogP contribution in [0, 0.1) is 19.8 Å². The van der Waals surface area contributed by atoms with Crippen LogP contribution in [-0.4, -0.2) is 18.5 Å². The third kappa shape index (κ3) is 3.33. The summed E-state index contributed by atoms with van der Waals surface area (Å²) in [5, 5.41) is 3.02. The third-order valence-electron chi connectivity index (χ3n) is 3.62. The van der Waals surface area contributed by atoms with Gasteiger partial charge in [0.1, 0.15) is 0 Å². The smallest absolute Gasteiger partial charge is 0.251 e. The standard InChI is InChI=1S/C15H22N2O/c1-10-5-11(2)7-13(6-10)15(18)17-9-12-3-4-14(16)8-12/h5-7,12,14H,3-4,8-9,16H2,1-2H3,(H,17,18). The van der Waals surface area contributed by atoms with Crippen LogP contribution < -0.4 is 11.1 Å². The van der Waals surface area contributed by atoms with Crippen LogP contribution in [0.5, 0.6) is 0 Å². The lowest BCUT2D eigenvalue weighted by molar-refractivity contribution is 0.0947. The first kappa shape index (κ1) is 13.1. The van der Waals surface area contributed by atoms with Crippen LogP contribution in [0.15, 0.2) is 18.2 Å². The fourth-order valence-electron chi connectivity index (χ4n) is 2.74. The minimum Gasteiger partial charge on any atom is -0.352 e. The van der Waals surface area contributed by atoms with Crippen LogP contribution >= 0.6 is 0 Å². The molecule has 98 valence electrons. The zero-order valence-electron chi connectivity index (χ0n) is 11.2. The molecular formula is C15H22N2O. The Morgan fingerprint density at radius 3 is 2.50 bits per heavy atom. The lowest BCUT2D eigenvalue weighted by atomic mass is 10.1. The van der Waals surface area contributed by atoms with E-state index in [1.54, 1.807) is 0 Å². The number of nitrogens with two attached hydrogens (primary N) is 1. The molecule has 2 unspecified atom stereocenters. The summed E-state index contributed by atoms with van der Waals surface area (Å²) < 4.78 is 0. The Kier molecular flexibility index (Phi) is 4.02. The van der Waals surface area contributed by atoms with Crippen molar-refractivity contribution in [2.45, 2.75) is 39.2 Å². The van der Waals surface area contributed by atoms with Gasteiger partial charge in [0, 0.05) is 18.2 Å². The maximum absolute atomic E-state index is 12.0. The van der Waals surface area contributed by atoms with Crippen molar-refractivity contribution in [3.63, 3.8) is 0 Å². The summed E-state index contributed by atoms with van der Waals surface area (Å²) in [5.74, 6) is 0.581. The van der Waals surface area contributed by atoms with Crippen molar-refractivity contribution in [1.82, 2.24) is 5.32 Å². The predicted molar refractivity (Wildman–Crippen MR) is 73.6 cm³/mol. The Labute approximate surface area is 109 Å². The third-order valence-corrected chi connectivity index (χ3v) is 3.62. The van der Waals surface area contributed by atoms with Gasteiger partial charge < -0.3 is 11.1 Å². The highest BCUT2D eigenvalue weighted by atomic mass is 16.1. The molecule has 0 radical (unpaired) electrons. The first-order valence-corrected chi connectivity index (χ1v) is 6.66. The average molecular weight is 246 g/mol. The molecule has 0 bridgehead atoms. The van der Waals surface area contributed by atoms with E-state index >= 15 is 0 Å². The minimum absolute atomic E-state index is 0.0299. The highest BCUT2D eigenvalue weighted by Crippen LogP contribution is 2.23. The zero-order chi connectivity index (χ0) is 13.1. The van der Waals surface area contributed by atoms with Gasteiger partial charge in [-0.3, -0.25) is 4.79 Å². The molecule has 1 saturated carbocycles. The van der Waals surface area contributed by atoms with Gasteiger partial charge in [-0.2, -0.15) is 0 Å². The van der Waals surface area contributed by atoms with Crippen molar-refractivity contribution in [3.05, 3.63) is 34.9 Å². The number of nitrogens with one attached hydrogen (secondary N) is 1. The van der Waals surface area contributed by atoms with Crippen molar-refractivity contribution >= 4 is 5.91 Å². The van der Waals surface area contributed by atoms with Gasteiger partial charge in [0.25, 0.3) is 5.91 Å². The van der Waals surface area contributed by atoms with E-state index in [1.807, 2.05) is 26.0 Å². The molecule has 1 aliphatic carbocycles. The van der Waals surface area contributed by atoms with E-state index in [4.69, 9.17) is 5.73 Å². The van der Waals surface area contributed by atoms with E-state index in [0.29, 0.717) is 12.0 Å². The second kappa shape index (κ2) is 5.53. The maximum atomic E-state index is 12.0. The van der Waals surface area contributed by atoms with Crippen LogP contribution in [0.4, 0.5) is 0 Å². The molecule has 18 heavy (non-hydrogen) atoms. The van der Waals surface area contributed by atoms with Crippen LogP contribution in [0.25, 0.3) is 0 Å². The predicted octanol–water partition coefficient (Wildman–Crippen LogP) is 2.16. The van der Waals surface area contributed by atoms with E-state index in [2.05, 4.69) is 11.4 Å². The molecular weight excluding hydrogens is 224 g/mol. The van der Waals surface area contributed by atoms with Gasteiger partial charge in [-0.25, -0.2) is 0 Å². The van der Waals surface area contributed by atoms with E-state index < -0.39 is 0 Å². The Hall–Kier alpha value is -1.35. The minimum atomic E-state index is 0.0299. The number of hydrogen-bond acceptors (Lipinski definition) is 2. The highest BCUT2D eigenvalue weighted by Gasteiger charge is 2.22. The molecule has 0 aromatic heterocycles. The van der Waals surface area contributed by atoms with Crippen LogP contribution in [0.3, 0.4) is 0 Å². The number of carbonyl (C=O) groups excluding carboxylic acids is 1. The molecule has 0 saturated heterocycles. The number of rotatable bonds is 3. The fraction of sp³-hybridized carbons (Fsp3) is 0.533. The number of hydrogen-bond donors (Lipinski definition) is 2. The largest absolute Gasteiger partial charge is 0.352 e. The summed E-state index contributed by atoms with van der Waals surface area (Å²) >= 11 is 0. The second-order valence-corrected chi connectivity index (χ2v) is 5.53. The summed E-state index contributed by atoms with van der Waals surface area (Å²) in [7, 11) is 0. The van der Waals surface area contributed by atoms with E-state index in [-0.39, 0.29) is 5.91 Å². The SMILES string of the molecule is Cc1cc(C)cc(C(=O)NCC2CCC(N)C2)c1. The molecule has 0 heterocycles. The molecule has 2 atom stereocenters. The quantitative estimate of drug-likeness (QED) is 0.858. The summed E-state index contributed by atoms with van der Waals surface area (Å²) in [6.07, 6.45) is 3.26. The van der Waals surface area contributed by atoms with Gasteiger partial charge in [-0.1, -0.05) is 17.2 Å². The van der Waals surface area contributed by atoms with Crippen molar-refractivity contribution in [3.8, 4) is 0 Å². The van der Waals surface area contributed by atoms with Crippen LogP contribution in [0.1, 0.15) is 40.7 Å². The zero-order valence-corrected chi connectivity index (χ0v) is 11.2. The van der Waals surface area contributed by atoms with E-state index in [1.165, 1.54) is 0 Å². The highest BCUT2D eigenvalue weighted by molar-refractivity contribution is 5.94. The Morgan fingerprint density at radius 2 is 1.94 bits per heavy atom. The van der Waals surface area contributed by atoms with Gasteiger partial charge in [0.2, 0.25) is 0 Å². The second-order valence-electron chi connectivity index (χ2n) is 5.53. The normalized spacial score (nSPS) is 23.1. The molecule has 3 nitrogen and oxygen atoms in total. The van der Waals surface area contributed by atoms with Gasteiger partial charge in [0.15, 0.2) is 0 Å². The average Bonchev–Trinajstić information content (AvgIpc) is 2.70. The van der Waals surface area contributed by atoms with E-state index in [9.17, 15) is 4.79 Å².